The van der Waals surface area contributed by atoms with Gasteiger partial charge in [0.15, 0.2) is 23.6 Å². The number of ether oxygens (including phenoxy) is 1. The summed E-state index contributed by atoms with van der Waals surface area (Å²) >= 11 is 1.28. The maximum absolute atomic E-state index is 13.9. The Hall–Kier alpha value is -2.96. The quantitative estimate of drug-likeness (QED) is 0.391. The van der Waals surface area contributed by atoms with Crippen LogP contribution in [0.5, 0.6) is 5.75 Å². The van der Waals surface area contributed by atoms with Crippen molar-refractivity contribution in [2.24, 2.45) is 5.73 Å². The molecule has 1 unspecified atom stereocenters. The number of halogens is 4. The molecule has 2 amide bonds. The highest BCUT2D eigenvalue weighted by molar-refractivity contribution is 8.00. The van der Waals surface area contributed by atoms with Gasteiger partial charge in [-0.3, -0.25) is 9.59 Å². The van der Waals surface area contributed by atoms with Gasteiger partial charge in [-0.15, -0.1) is 24.2 Å². The molecule has 2 atom stereocenters. The molecule has 1 heterocycles. The molecule has 1 aliphatic rings. The number of carboxylic acids is 1. The molecule has 2 aromatic carbocycles. The monoisotopic (exact) mass is 547 g/mol. The number of rotatable bonds is 10. The van der Waals surface area contributed by atoms with Gasteiger partial charge < -0.3 is 25.8 Å². The van der Waals surface area contributed by atoms with Crippen molar-refractivity contribution >= 4 is 42.0 Å². The number of carbonyl (C=O) groups is 3. The normalized spacial score (nSPS) is 15.7. The first-order valence-corrected chi connectivity index (χ1v) is 11.7. The van der Waals surface area contributed by atoms with Crippen LogP contribution >= 0.6 is 24.2 Å². The van der Waals surface area contributed by atoms with E-state index in [9.17, 15) is 27.6 Å². The zero-order valence-corrected chi connectivity index (χ0v) is 20.5. The predicted octanol–water partition coefficient (Wildman–Crippen LogP) is 2.47. The molecule has 1 aliphatic heterocycles. The minimum Gasteiger partial charge on any atom is -0.482 e. The minimum atomic E-state index is -1.31. The maximum Gasteiger partial charge on any atom is 0.341 e. The fourth-order valence-corrected chi connectivity index (χ4v) is 4.69. The second-order valence-corrected chi connectivity index (χ2v) is 9.07. The predicted molar refractivity (Wildman–Crippen MR) is 129 cm³/mol. The number of amides is 2. The lowest BCUT2D eigenvalue weighted by Crippen LogP contribution is -2.46. The number of hydrogen-bond donors (Lipinski definition) is 3. The van der Waals surface area contributed by atoms with E-state index >= 15 is 0 Å². The van der Waals surface area contributed by atoms with Crippen LogP contribution in [-0.4, -0.2) is 58.1 Å². The Morgan fingerprint density at radius 2 is 1.89 bits per heavy atom. The summed E-state index contributed by atoms with van der Waals surface area (Å²) < 4.78 is 45.5. The summed E-state index contributed by atoms with van der Waals surface area (Å²) in [6.07, 6.45) is -0.376. The summed E-state index contributed by atoms with van der Waals surface area (Å²) in [4.78, 5) is 37.5. The molecule has 2 aromatic rings. The standard InChI is InChI=1S/C23H24F3N3O5S.ClH/c24-17-10-19(26)18(25)8-14(17)7-15(27)9-20(30)29-4-5-35-23(29)22(33)28-11-13-2-1-3-16(6-13)34-12-21(31)32;/h1-3,6,8,10,15,23H,4-5,7,9,11-12,27H2,(H,28,33)(H,31,32);1H/t15-,23?;/m1./s1. The molecule has 0 aliphatic carbocycles. The first-order chi connectivity index (χ1) is 16.6. The van der Waals surface area contributed by atoms with Crippen LogP contribution in [0.15, 0.2) is 36.4 Å². The van der Waals surface area contributed by atoms with E-state index in [0.717, 1.165) is 6.07 Å². The topological polar surface area (TPSA) is 122 Å². The van der Waals surface area contributed by atoms with Crippen molar-refractivity contribution in [3.63, 3.8) is 0 Å². The van der Waals surface area contributed by atoms with Crippen molar-refractivity contribution < 1.29 is 37.4 Å². The van der Waals surface area contributed by atoms with Gasteiger partial charge >= 0.3 is 5.97 Å². The highest BCUT2D eigenvalue weighted by Gasteiger charge is 2.35. The van der Waals surface area contributed by atoms with Gasteiger partial charge in [-0.05, 0) is 35.7 Å². The third-order valence-electron chi connectivity index (χ3n) is 5.17. The van der Waals surface area contributed by atoms with Gasteiger partial charge in [-0.2, -0.15) is 0 Å². The highest BCUT2D eigenvalue weighted by Crippen LogP contribution is 2.25. The fourth-order valence-electron chi connectivity index (χ4n) is 3.53. The van der Waals surface area contributed by atoms with Crippen LogP contribution in [-0.2, 0) is 27.3 Å². The summed E-state index contributed by atoms with van der Waals surface area (Å²) in [7, 11) is 0. The van der Waals surface area contributed by atoms with Crippen molar-refractivity contribution in [2.75, 3.05) is 18.9 Å². The number of aliphatic carboxylic acids is 1. The molecular weight excluding hydrogens is 523 g/mol. The summed E-state index contributed by atoms with van der Waals surface area (Å²) in [6, 6.07) is 6.89. The SMILES string of the molecule is Cl.N[C@@H](CC(=O)N1CCSC1C(=O)NCc1cccc(OCC(=O)O)c1)Cc1cc(F)c(F)cc1F. The van der Waals surface area contributed by atoms with E-state index in [0.29, 0.717) is 29.7 Å². The Morgan fingerprint density at radius 3 is 2.61 bits per heavy atom. The second kappa shape index (κ2) is 13.4. The number of nitrogens with zero attached hydrogens (tertiary/aromatic N) is 1. The van der Waals surface area contributed by atoms with Gasteiger partial charge in [0.05, 0.1) is 0 Å². The molecule has 4 N–H and O–H groups in total. The Kier molecular flexibility index (Phi) is 10.9. The van der Waals surface area contributed by atoms with Crippen molar-refractivity contribution in [1.82, 2.24) is 10.2 Å². The largest absolute Gasteiger partial charge is 0.482 e. The molecule has 8 nitrogen and oxygen atoms in total. The first kappa shape index (κ1) is 29.3. The second-order valence-electron chi connectivity index (χ2n) is 7.88. The number of carboxylic acid groups (broad SMARTS) is 1. The van der Waals surface area contributed by atoms with Crippen molar-refractivity contribution in [2.45, 2.75) is 30.8 Å². The Labute approximate surface area is 215 Å². The lowest BCUT2D eigenvalue weighted by molar-refractivity contribution is -0.139. The van der Waals surface area contributed by atoms with Gasteiger partial charge in [-0.1, -0.05) is 12.1 Å². The number of nitrogens with one attached hydrogen (secondary N) is 1. The van der Waals surface area contributed by atoms with Crippen LogP contribution in [0.3, 0.4) is 0 Å². The molecule has 1 saturated heterocycles. The van der Waals surface area contributed by atoms with Gasteiger partial charge in [0.1, 0.15) is 11.6 Å². The zero-order chi connectivity index (χ0) is 25.5. The van der Waals surface area contributed by atoms with Crippen molar-refractivity contribution in [1.29, 1.82) is 0 Å². The molecule has 13 heteroatoms. The summed E-state index contributed by atoms with van der Waals surface area (Å²) in [6.45, 7) is -0.0278. The van der Waals surface area contributed by atoms with Crippen LogP contribution in [0.4, 0.5) is 13.2 Å². The van der Waals surface area contributed by atoms with Gasteiger partial charge in [-0.25, -0.2) is 18.0 Å². The molecule has 1 fully saturated rings. The van der Waals surface area contributed by atoms with Gasteiger partial charge in [0.25, 0.3) is 5.91 Å². The van der Waals surface area contributed by atoms with Crippen molar-refractivity contribution in [3.8, 4) is 5.75 Å². The molecule has 196 valence electrons. The van der Waals surface area contributed by atoms with Crippen LogP contribution in [0.1, 0.15) is 17.5 Å². The molecule has 0 aromatic heterocycles. The molecule has 3 rings (SSSR count). The van der Waals surface area contributed by atoms with Gasteiger partial charge in [0, 0.05) is 37.4 Å². The molecule has 36 heavy (non-hydrogen) atoms. The summed E-state index contributed by atoms with van der Waals surface area (Å²) in [5, 5.41) is 10.7. The molecule has 0 saturated carbocycles. The third-order valence-corrected chi connectivity index (χ3v) is 6.37. The van der Waals surface area contributed by atoms with E-state index in [-0.39, 0.29) is 37.4 Å². The average Bonchev–Trinajstić information content (AvgIpc) is 3.30. The van der Waals surface area contributed by atoms with Gasteiger partial charge in [0.2, 0.25) is 5.91 Å². The summed E-state index contributed by atoms with van der Waals surface area (Å²) in [5.74, 6) is -4.48. The first-order valence-electron chi connectivity index (χ1n) is 10.7. The molecule has 0 radical (unpaired) electrons. The fraction of sp³-hybridized carbons (Fsp3) is 0.348. The van der Waals surface area contributed by atoms with Crippen molar-refractivity contribution in [3.05, 3.63) is 65.0 Å². The Morgan fingerprint density at radius 1 is 1.17 bits per heavy atom. The lowest BCUT2D eigenvalue weighted by atomic mass is 10.0. The minimum absolute atomic E-state index is 0. The summed E-state index contributed by atoms with van der Waals surface area (Å²) in [5.41, 5.74) is 6.50. The maximum atomic E-state index is 13.9. The zero-order valence-electron chi connectivity index (χ0n) is 18.9. The van der Waals surface area contributed by atoms with E-state index in [4.69, 9.17) is 15.6 Å². The molecule has 0 bridgehead atoms. The number of hydrogen-bond acceptors (Lipinski definition) is 6. The number of benzene rings is 2. The average molecular weight is 548 g/mol. The Balaban J connectivity index is 0.00000456. The van der Waals surface area contributed by atoms with E-state index in [1.54, 1.807) is 24.3 Å². The molecule has 0 spiro atoms. The number of nitrogens with two attached hydrogens (primary N) is 1. The van der Waals surface area contributed by atoms with E-state index in [2.05, 4.69) is 5.32 Å². The van der Waals surface area contributed by atoms with Crippen LogP contribution in [0.2, 0.25) is 0 Å². The third kappa shape index (κ3) is 8.04. The lowest BCUT2D eigenvalue weighted by Gasteiger charge is -2.24. The van der Waals surface area contributed by atoms with Crippen LogP contribution in [0.25, 0.3) is 0 Å². The van der Waals surface area contributed by atoms with Crippen LogP contribution < -0.4 is 15.8 Å². The number of carbonyl (C=O) groups excluding carboxylic acids is 2. The number of thioether (sulfide) groups is 1. The van der Waals surface area contributed by atoms with E-state index < -0.39 is 53.3 Å². The smallest absolute Gasteiger partial charge is 0.341 e. The van der Waals surface area contributed by atoms with E-state index in [1.807, 2.05) is 0 Å². The Bertz CT molecular complexity index is 1110. The molecular formula is C23H25ClF3N3O5S. The van der Waals surface area contributed by atoms with E-state index in [1.165, 1.54) is 16.7 Å². The van der Waals surface area contributed by atoms with Crippen LogP contribution in [0, 0.1) is 17.5 Å². The highest BCUT2D eigenvalue weighted by atomic mass is 35.5.